The second-order valence-electron chi connectivity index (χ2n) is 2.46. The molecule has 0 aliphatic carbocycles. The predicted octanol–water partition coefficient (Wildman–Crippen LogP) is 1.64. The number of hydrogen-bond acceptors (Lipinski definition) is 3. The van der Waals surface area contributed by atoms with Crippen LogP contribution in [0.2, 0.25) is 0 Å². The molecule has 0 amide bonds. The van der Waals surface area contributed by atoms with Crippen molar-refractivity contribution in [2.45, 2.75) is 25.5 Å². The van der Waals surface area contributed by atoms with Crippen LogP contribution in [0.25, 0.3) is 0 Å². The van der Waals surface area contributed by atoms with Crippen molar-refractivity contribution >= 4 is 28.2 Å². The zero-order chi connectivity index (χ0) is 8.69. The zero-order valence-corrected chi connectivity index (χ0v) is 8.50. The molecule has 0 aromatic carbocycles. The Morgan fingerprint density at radius 2 is 2.27 bits per heavy atom. The predicted molar refractivity (Wildman–Crippen MR) is 52.7 cm³/mol. The van der Waals surface area contributed by atoms with Gasteiger partial charge in [0.25, 0.3) is 0 Å². The van der Waals surface area contributed by atoms with Gasteiger partial charge in [0.1, 0.15) is 0 Å². The minimum absolute atomic E-state index is 0.256. The van der Waals surface area contributed by atoms with Gasteiger partial charge in [-0.2, -0.15) is 0 Å². The van der Waals surface area contributed by atoms with Crippen LogP contribution in [-0.4, -0.2) is 26.9 Å². The Labute approximate surface area is 75.6 Å². The lowest BCUT2D eigenvalue weighted by molar-refractivity contribution is 0.674. The van der Waals surface area contributed by atoms with Crippen LogP contribution in [0.1, 0.15) is 20.3 Å². The van der Waals surface area contributed by atoms with E-state index in [-0.39, 0.29) is 5.25 Å². The standard InChI is InChI=1S/C7H13NOS2/c1-7(2)11(9)5-3-4-8-6-10/h7H,3-5H2,1-2H3. The Bertz CT molecular complexity index is 173. The molecule has 64 valence electrons. The normalized spacial score (nSPS) is 12.6. The van der Waals surface area contributed by atoms with Gasteiger partial charge in [0.2, 0.25) is 0 Å². The highest BCUT2D eigenvalue weighted by Crippen LogP contribution is 1.96. The van der Waals surface area contributed by atoms with Crippen molar-refractivity contribution in [3.05, 3.63) is 0 Å². The number of nitrogens with zero attached hydrogens (tertiary/aromatic N) is 1. The molecule has 0 fully saturated rings. The summed E-state index contributed by atoms with van der Waals surface area (Å²) in [7, 11) is -0.697. The highest BCUT2D eigenvalue weighted by atomic mass is 32.2. The van der Waals surface area contributed by atoms with Gasteiger partial charge in [-0.15, -0.1) is 0 Å². The molecule has 2 nitrogen and oxygen atoms in total. The highest BCUT2D eigenvalue weighted by Gasteiger charge is 2.02. The number of aliphatic imine (C=N–C) groups is 1. The van der Waals surface area contributed by atoms with Crippen LogP contribution in [-0.2, 0) is 10.8 Å². The van der Waals surface area contributed by atoms with Gasteiger partial charge in [-0.25, -0.2) is 4.99 Å². The molecule has 0 aliphatic rings. The van der Waals surface area contributed by atoms with Crippen LogP contribution in [0.5, 0.6) is 0 Å². The fourth-order valence-corrected chi connectivity index (χ4v) is 1.54. The van der Waals surface area contributed by atoms with Crippen LogP contribution in [0.15, 0.2) is 4.99 Å². The van der Waals surface area contributed by atoms with Crippen molar-refractivity contribution < 1.29 is 4.21 Å². The quantitative estimate of drug-likeness (QED) is 0.375. The first kappa shape index (κ1) is 11.0. The number of rotatable bonds is 5. The lowest BCUT2D eigenvalue weighted by Gasteiger charge is -2.02. The maximum absolute atomic E-state index is 11.1. The Hall–Kier alpha value is -0.0500. The van der Waals surface area contributed by atoms with Crippen LogP contribution in [0.3, 0.4) is 0 Å². The third kappa shape index (κ3) is 6.35. The first-order chi connectivity index (χ1) is 5.18. The number of isothiocyanates is 1. The number of thiocarbonyl (C=S) groups is 1. The summed E-state index contributed by atoms with van der Waals surface area (Å²) in [5.41, 5.74) is 0. The Balaban J connectivity index is 3.39. The summed E-state index contributed by atoms with van der Waals surface area (Å²) >= 11 is 4.39. The first-order valence-electron chi connectivity index (χ1n) is 3.59. The molecular weight excluding hydrogens is 178 g/mol. The van der Waals surface area contributed by atoms with Crippen molar-refractivity contribution in [2.75, 3.05) is 12.3 Å². The van der Waals surface area contributed by atoms with Crippen LogP contribution in [0.4, 0.5) is 0 Å². The van der Waals surface area contributed by atoms with Crippen molar-refractivity contribution in [3.63, 3.8) is 0 Å². The van der Waals surface area contributed by atoms with E-state index in [1.807, 2.05) is 13.8 Å². The Morgan fingerprint density at radius 3 is 2.73 bits per heavy atom. The molecule has 1 atom stereocenters. The summed E-state index contributed by atoms with van der Waals surface area (Å²) in [4.78, 5) is 3.73. The SMILES string of the molecule is CC(C)S(=O)CCCN=C=S. The maximum Gasteiger partial charge on any atom is 0.0584 e. The molecule has 0 spiro atoms. The van der Waals surface area contributed by atoms with Crippen LogP contribution in [0, 0.1) is 0 Å². The lowest BCUT2D eigenvalue weighted by atomic mass is 10.5. The topological polar surface area (TPSA) is 29.4 Å². The fraction of sp³-hybridized carbons (Fsp3) is 0.857. The minimum Gasteiger partial charge on any atom is -0.259 e. The molecule has 0 saturated carbocycles. The first-order valence-corrected chi connectivity index (χ1v) is 5.38. The van der Waals surface area contributed by atoms with E-state index >= 15 is 0 Å². The molecule has 0 saturated heterocycles. The molecule has 4 heteroatoms. The van der Waals surface area contributed by atoms with Gasteiger partial charge in [-0.05, 0) is 18.6 Å². The Kier molecular flexibility index (Phi) is 6.62. The van der Waals surface area contributed by atoms with Crippen molar-refractivity contribution in [1.82, 2.24) is 0 Å². The largest absolute Gasteiger partial charge is 0.259 e. The molecule has 0 rings (SSSR count). The van der Waals surface area contributed by atoms with E-state index in [1.165, 1.54) is 0 Å². The van der Waals surface area contributed by atoms with E-state index in [1.54, 1.807) is 0 Å². The fourth-order valence-electron chi connectivity index (χ4n) is 0.567. The molecule has 11 heavy (non-hydrogen) atoms. The van der Waals surface area contributed by atoms with Gasteiger partial charge < -0.3 is 0 Å². The molecular formula is C7H13NOS2. The van der Waals surface area contributed by atoms with Gasteiger partial charge in [-0.3, -0.25) is 4.21 Å². The average Bonchev–Trinajstić information content (AvgIpc) is 1.97. The molecule has 1 unspecified atom stereocenters. The Morgan fingerprint density at radius 1 is 1.64 bits per heavy atom. The zero-order valence-electron chi connectivity index (χ0n) is 6.87. The van der Waals surface area contributed by atoms with Crippen LogP contribution < -0.4 is 0 Å². The van der Waals surface area contributed by atoms with Gasteiger partial charge >= 0.3 is 0 Å². The number of hydrogen-bond donors (Lipinski definition) is 0. The summed E-state index contributed by atoms with van der Waals surface area (Å²) < 4.78 is 11.1. The summed E-state index contributed by atoms with van der Waals surface area (Å²) in [6.45, 7) is 4.57. The van der Waals surface area contributed by atoms with E-state index in [9.17, 15) is 4.21 Å². The monoisotopic (exact) mass is 191 g/mol. The maximum atomic E-state index is 11.1. The van der Waals surface area contributed by atoms with Crippen molar-refractivity contribution in [2.24, 2.45) is 4.99 Å². The molecule has 0 radical (unpaired) electrons. The molecule has 0 aromatic rings. The van der Waals surface area contributed by atoms with E-state index in [0.717, 1.165) is 12.2 Å². The second kappa shape index (κ2) is 6.65. The van der Waals surface area contributed by atoms with Gasteiger partial charge in [0, 0.05) is 21.8 Å². The summed E-state index contributed by atoms with van der Waals surface area (Å²) in [6.07, 6.45) is 0.842. The van der Waals surface area contributed by atoms with E-state index in [4.69, 9.17) is 0 Å². The van der Waals surface area contributed by atoms with E-state index in [2.05, 4.69) is 22.4 Å². The van der Waals surface area contributed by atoms with Crippen LogP contribution >= 0.6 is 12.2 Å². The summed E-state index contributed by atoms with van der Waals surface area (Å²) in [6, 6.07) is 0. The van der Waals surface area contributed by atoms with Crippen molar-refractivity contribution in [1.29, 1.82) is 0 Å². The molecule has 0 aliphatic heterocycles. The lowest BCUT2D eigenvalue weighted by Crippen LogP contribution is -2.10. The van der Waals surface area contributed by atoms with Gasteiger partial charge in [0.05, 0.1) is 11.7 Å². The second-order valence-corrected chi connectivity index (χ2v) is 4.76. The van der Waals surface area contributed by atoms with Gasteiger partial charge in [-0.1, -0.05) is 13.8 Å². The van der Waals surface area contributed by atoms with E-state index in [0.29, 0.717) is 6.54 Å². The summed E-state index contributed by atoms with van der Waals surface area (Å²) in [5, 5.41) is 2.54. The third-order valence-corrected chi connectivity index (χ3v) is 3.08. The van der Waals surface area contributed by atoms with Crippen molar-refractivity contribution in [3.8, 4) is 0 Å². The van der Waals surface area contributed by atoms with E-state index < -0.39 is 10.8 Å². The molecule has 0 heterocycles. The third-order valence-electron chi connectivity index (χ3n) is 1.21. The minimum atomic E-state index is -0.697. The smallest absolute Gasteiger partial charge is 0.0584 e. The van der Waals surface area contributed by atoms with Gasteiger partial charge in [0.15, 0.2) is 0 Å². The average molecular weight is 191 g/mol. The highest BCUT2D eigenvalue weighted by molar-refractivity contribution is 7.85. The summed E-state index contributed by atoms with van der Waals surface area (Å²) in [5.74, 6) is 0.720. The molecule has 0 bridgehead atoms. The molecule has 0 N–H and O–H groups in total. The molecule has 0 aromatic heterocycles.